The highest BCUT2D eigenvalue weighted by atomic mass is 35.5. The first-order chi connectivity index (χ1) is 12.6. The molecule has 3 rings (SSSR count). The minimum Gasteiger partial charge on any atom is -0.482 e. The van der Waals surface area contributed by atoms with Crippen LogP contribution in [0.1, 0.15) is 6.92 Å². The standard InChI is InChI=1S/C19H17ClN2O3S/c1-2-24-18(23)11-25-16-9-3-13(4-10-16)17-12-26-19(22-17)21-15-7-5-14(20)6-8-15/h3-10,12H,2,11H2,1H3,(H,21,22). The van der Waals surface area contributed by atoms with Crippen LogP contribution in [0.4, 0.5) is 10.8 Å². The van der Waals surface area contributed by atoms with Crippen LogP contribution in [-0.4, -0.2) is 24.2 Å². The maximum atomic E-state index is 11.3. The van der Waals surface area contributed by atoms with Crippen molar-refractivity contribution in [1.29, 1.82) is 0 Å². The van der Waals surface area contributed by atoms with Gasteiger partial charge in [0.25, 0.3) is 0 Å². The molecular formula is C19H17ClN2O3S. The van der Waals surface area contributed by atoms with Crippen LogP contribution < -0.4 is 10.1 Å². The third-order valence-electron chi connectivity index (χ3n) is 3.41. The van der Waals surface area contributed by atoms with E-state index >= 15 is 0 Å². The number of hydrogen-bond donors (Lipinski definition) is 1. The Bertz CT molecular complexity index is 863. The van der Waals surface area contributed by atoms with Gasteiger partial charge in [-0.25, -0.2) is 9.78 Å². The second-order valence-electron chi connectivity index (χ2n) is 5.29. The number of esters is 1. The Morgan fingerprint density at radius 1 is 1.15 bits per heavy atom. The number of thiazole rings is 1. The molecule has 7 heteroatoms. The van der Waals surface area contributed by atoms with Crippen LogP contribution in [0, 0.1) is 0 Å². The molecule has 0 amide bonds. The van der Waals surface area contributed by atoms with Gasteiger partial charge in [-0.05, 0) is 55.5 Å². The Kier molecular flexibility index (Phi) is 6.09. The van der Waals surface area contributed by atoms with E-state index in [1.54, 1.807) is 19.1 Å². The van der Waals surface area contributed by atoms with Crippen molar-refractivity contribution >= 4 is 39.7 Å². The number of rotatable bonds is 7. The Labute approximate surface area is 160 Å². The van der Waals surface area contributed by atoms with E-state index in [9.17, 15) is 4.79 Å². The second kappa shape index (κ2) is 8.69. The minimum atomic E-state index is -0.381. The zero-order chi connectivity index (χ0) is 18.4. The fraction of sp³-hybridized carbons (Fsp3) is 0.158. The molecule has 0 fully saturated rings. The van der Waals surface area contributed by atoms with Crippen LogP contribution in [0.25, 0.3) is 11.3 Å². The maximum Gasteiger partial charge on any atom is 0.344 e. The number of anilines is 2. The summed E-state index contributed by atoms with van der Waals surface area (Å²) in [5.74, 6) is 0.227. The molecule has 3 aromatic rings. The number of halogens is 1. The van der Waals surface area contributed by atoms with Gasteiger partial charge >= 0.3 is 5.97 Å². The van der Waals surface area contributed by atoms with E-state index in [2.05, 4.69) is 10.3 Å². The lowest BCUT2D eigenvalue weighted by atomic mass is 10.2. The molecule has 0 aliphatic carbocycles. The number of aromatic nitrogens is 1. The van der Waals surface area contributed by atoms with E-state index in [4.69, 9.17) is 21.1 Å². The van der Waals surface area contributed by atoms with Crippen molar-refractivity contribution in [3.8, 4) is 17.0 Å². The zero-order valence-corrected chi connectivity index (χ0v) is 15.6. The number of benzene rings is 2. The highest BCUT2D eigenvalue weighted by Crippen LogP contribution is 2.28. The van der Waals surface area contributed by atoms with Crippen molar-refractivity contribution in [3.05, 3.63) is 58.9 Å². The van der Waals surface area contributed by atoms with Gasteiger partial charge in [0, 0.05) is 21.7 Å². The topological polar surface area (TPSA) is 60.5 Å². The van der Waals surface area contributed by atoms with Crippen LogP contribution in [0.5, 0.6) is 5.75 Å². The molecule has 0 aliphatic rings. The fourth-order valence-corrected chi connectivity index (χ4v) is 3.05. The van der Waals surface area contributed by atoms with Crippen molar-refractivity contribution < 1.29 is 14.3 Å². The molecule has 0 atom stereocenters. The molecule has 0 radical (unpaired) electrons. The van der Waals surface area contributed by atoms with Crippen molar-refractivity contribution in [1.82, 2.24) is 4.98 Å². The van der Waals surface area contributed by atoms with Crippen LogP contribution in [0.15, 0.2) is 53.9 Å². The molecule has 0 aliphatic heterocycles. The zero-order valence-electron chi connectivity index (χ0n) is 14.1. The lowest BCUT2D eigenvalue weighted by Crippen LogP contribution is -2.14. The monoisotopic (exact) mass is 388 g/mol. The SMILES string of the molecule is CCOC(=O)COc1ccc(-c2csc(Nc3ccc(Cl)cc3)n2)cc1. The quantitative estimate of drug-likeness (QED) is 0.567. The molecule has 26 heavy (non-hydrogen) atoms. The molecule has 1 aromatic heterocycles. The van der Waals surface area contributed by atoms with Crippen LogP contribution in [0.2, 0.25) is 5.02 Å². The molecule has 0 saturated carbocycles. The van der Waals surface area contributed by atoms with Gasteiger partial charge in [-0.1, -0.05) is 11.6 Å². The fourth-order valence-electron chi connectivity index (χ4n) is 2.19. The smallest absolute Gasteiger partial charge is 0.344 e. The molecule has 0 spiro atoms. The summed E-state index contributed by atoms with van der Waals surface area (Å²) >= 11 is 7.41. The molecule has 2 aromatic carbocycles. The molecule has 134 valence electrons. The van der Waals surface area contributed by atoms with E-state index in [0.29, 0.717) is 17.4 Å². The number of ether oxygens (including phenoxy) is 2. The van der Waals surface area contributed by atoms with Gasteiger partial charge < -0.3 is 14.8 Å². The van der Waals surface area contributed by atoms with Gasteiger partial charge in [0.2, 0.25) is 0 Å². The first-order valence-corrected chi connectivity index (χ1v) is 9.27. The minimum absolute atomic E-state index is 0.0982. The van der Waals surface area contributed by atoms with Crippen molar-refractivity contribution in [3.63, 3.8) is 0 Å². The second-order valence-corrected chi connectivity index (χ2v) is 6.58. The predicted molar refractivity (Wildman–Crippen MR) is 104 cm³/mol. The summed E-state index contributed by atoms with van der Waals surface area (Å²) in [7, 11) is 0. The largest absolute Gasteiger partial charge is 0.482 e. The third-order valence-corrected chi connectivity index (χ3v) is 4.42. The van der Waals surface area contributed by atoms with Crippen LogP contribution >= 0.6 is 22.9 Å². The Hall–Kier alpha value is -2.57. The molecular weight excluding hydrogens is 372 g/mol. The van der Waals surface area contributed by atoms with Crippen molar-refractivity contribution in [2.24, 2.45) is 0 Å². The molecule has 0 saturated heterocycles. The lowest BCUT2D eigenvalue weighted by molar-refractivity contribution is -0.145. The maximum absolute atomic E-state index is 11.3. The third kappa shape index (κ3) is 4.97. The van der Waals surface area contributed by atoms with E-state index in [1.165, 1.54) is 11.3 Å². The van der Waals surface area contributed by atoms with E-state index in [-0.39, 0.29) is 12.6 Å². The Morgan fingerprint density at radius 2 is 1.88 bits per heavy atom. The lowest BCUT2D eigenvalue weighted by Gasteiger charge is -2.06. The summed E-state index contributed by atoms with van der Waals surface area (Å²) in [4.78, 5) is 15.9. The Balaban J connectivity index is 1.61. The van der Waals surface area contributed by atoms with Gasteiger partial charge in [-0.15, -0.1) is 11.3 Å². The summed E-state index contributed by atoms with van der Waals surface area (Å²) in [6.07, 6.45) is 0. The van der Waals surface area contributed by atoms with Gasteiger partial charge in [0.1, 0.15) is 5.75 Å². The average molecular weight is 389 g/mol. The van der Waals surface area contributed by atoms with Crippen LogP contribution in [-0.2, 0) is 9.53 Å². The number of hydrogen-bond acceptors (Lipinski definition) is 6. The van der Waals surface area contributed by atoms with Crippen LogP contribution in [0.3, 0.4) is 0 Å². The molecule has 5 nitrogen and oxygen atoms in total. The number of nitrogens with one attached hydrogen (secondary N) is 1. The number of carbonyl (C=O) groups is 1. The highest BCUT2D eigenvalue weighted by molar-refractivity contribution is 7.14. The normalized spacial score (nSPS) is 10.4. The van der Waals surface area contributed by atoms with E-state index < -0.39 is 0 Å². The Morgan fingerprint density at radius 3 is 2.58 bits per heavy atom. The summed E-state index contributed by atoms with van der Waals surface area (Å²) in [5, 5.41) is 6.72. The van der Waals surface area contributed by atoms with Crippen molar-refractivity contribution in [2.45, 2.75) is 6.92 Å². The summed E-state index contributed by atoms with van der Waals surface area (Å²) in [6, 6.07) is 14.9. The average Bonchev–Trinajstić information content (AvgIpc) is 3.11. The van der Waals surface area contributed by atoms with Gasteiger partial charge in [-0.2, -0.15) is 0 Å². The molecule has 1 heterocycles. The van der Waals surface area contributed by atoms with Crippen molar-refractivity contribution in [2.75, 3.05) is 18.5 Å². The first-order valence-electron chi connectivity index (χ1n) is 8.01. The highest BCUT2D eigenvalue weighted by Gasteiger charge is 2.07. The summed E-state index contributed by atoms with van der Waals surface area (Å²) in [6.45, 7) is 2.01. The van der Waals surface area contributed by atoms with Gasteiger partial charge in [-0.3, -0.25) is 0 Å². The molecule has 1 N–H and O–H groups in total. The number of nitrogens with zero attached hydrogens (tertiary/aromatic N) is 1. The first kappa shape index (κ1) is 18.2. The van der Waals surface area contributed by atoms with E-state index in [0.717, 1.165) is 22.1 Å². The molecule has 0 bridgehead atoms. The predicted octanol–water partition coefficient (Wildman–Crippen LogP) is 5.15. The van der Waals surface area contributed by atoms with Gasteiger partial charge in [0.05, 0.1) is 12.3 Å². The number of carbonyl (C=O) groups excluding carboxylic acids is 1. The summed E-state index contributed by atoms with van der Waals surface area (Å²) in [5.41, 5.74) is 2.76. The van der Waals surface area contributed by atoms with Gasteiger partial charge in [0.15, 0.2) is 11.7 Å². The molecule has 0 unspecified atom stereocenters. The van der Waals surface area contributed by atoms with E-state index in [1.807, 2.05) is 41.8 Å². The summed E-state index contributed by atoms with van der Waals surface area (Å²) < 4.78 is 10.2.